The van der Waals surface area contributed by atoms with E-state index in [1.54, 1.807) is 12.4 Å². The summed E-state index contributed by atoms with van der Waals surface area (Å²) in [4.78, 5) is 13.6. The van der Waals surface area contributed by atoms with Crippen LogP contribution in [0.5, 0.6) is 0 Å². The quantitative estimate of drug-likeness (QED) is 0.849. The van der Waals surface area contributed by atoms with Gasteiger partial charge in [-0.2, -0.15) is 13.2 Å². The molecule has 108 valence electrons. The molecule has 0 fully saturated rings. The van der Waals surface area contributed by atoms with Gasteiger partial charge in [-0.3, -0.25) is 0 Å². The van der Waals surface area contributed by atoms with Crippen molar-refractivity contribution in [3.63, 3.8) is 0 Å². The van der Waals surface area contributed by atoms with E-state index in [9.17, 15) is 13.2 Å². The largest absolute Gasteiger partial charge is 0.451 e. The van der Waals surface area contributed by atoms with Crippen LogP contribution in [0.4, 0.5) is 19.0 Å². The number of rotatable bonds is 4. The van der Waals surface area contributed by atoms with E-state index in [0.717, 1.165) is 0 Å². The first-order valence-electron chi connectivity index (χ1n) is 5.77. The molecule has 9 heteroatoms. The van der Waals surface area contributed by atoms with Crippen LogP contribution in [-0.2, 0) is 6.18 Å². The van der Waals surface area contributed by atoms with Gasteiger partial charge in [-0.05, 0) is 6.42 Å². The van der Waals surface area contributed by atoms with E-state index >= 15 is 0 Å². The lowest BCUT2D eigenvalue weighted by atomic mass is 10.2. The molecule has 0 saturated heterocycles. The molecule has 0 bridgehead atoms. The zero-order valence-electron chi connectivity index (χ0n) is 10.4. The van der Waals surface area contributed by atoms with E-state index in [2.05, 4.69) is 25.3 Å². The predicted octanol–water partition coefficient (Wildman–Crippen LogP) is 3.44. The smallest absolute Gasteiger partial charge is 0.360 e. The Morgan fingerprint density at radius 3 is 2.70 bits per heavy atom. The van der Waals surface area contributed by atoms with Gasteiger partial charge in [-0.25, -0.2) is 15.0 Å². The minimum absolute atomic E-state index is 0.000532. The van der Waals surface area contributed by atoms with Gasteiger partial charge in [0.1, 0.15) is 16.8 Å². The molecule has 0 amide bonds. The number of imidazole rings is 1. The summed E-state index contributed by atoms with van der Waals surface area (Å²) in [6.45, 7) is 1.87. The minimum atomic E-state index is -4.65. The van der Waals surface area contributed by atoms with Gasteiger partial charge in [0.05, 0.1) is 6.04 Å². The van der Waals surface area contributed by atoms with E-state index < -0.39 is 12.0 Å². The Balaban J connectivity index is 2.27. The number of nitrogens with one attached hydrogen (secondary N) is 2. The van der Waals surface area contributed by atoms with Crippen molar-refractivity contribution in [1.82, 2.24) is 19.9 Å². The number of alkyl halides is 3. The molecule has 0 saturated carbocycles. The highest BCUT2D eigenvalue weighted by molar-refractivity contribution is 6.29. The van der Waals surface area contributed by atoms with Gasteiger partial charge < -0.3 is 10.3 Å². The fraction of sp³-hybridized carbons (Fsp3) is 0.364. The average Bonchev–Trinajstić information content (AvgIpc) is 2.88. The second-order valence-electron chi connectivity index (χ2n) is 3.98. The highest BCUT2D eigenvalue weighted by Crippen LogP contribution is 2.29. The summed E-state index contributed by atoms with van der Waals surface area (Å²) >= 11 is 5.59. The van der Waals surface area contributed by atoms with Crippen molar-refractivity contribution >= 4 is 17.4 Å². The molecule has 0 aliphatic heterocycles. The highest BCUT2D eigenvalue weighted by Gasteiger charge is 2.35. The number of hydrogen-bond donors (Lipinski definition) is 2. The molecule has 0 radical (unpaired) electrons. The van der Waals surface area contributed by atoms with Gasteiger partial charge in [0, 0.05) is 18.5 Å². The molecule has 2 N–H and O–H groups in total. The number of H-pyrrole nitrogens is 1. The van der Waals surface area contributed by atoms with E-state index in [1.165, 1.54) is 6.07 Å². The number of nitrogens with zero attached hydrogens (tertiary/aromatic N) is 3. The molecule has 1 atom stereocenters. The van der Waals surface area contributed by atoms with Crippen molar-refractivity contribution in [1.29, 1.82) is 0 Å². The van der Waals surface area contributed by atoms with Gasteiger partial charge in [-0.15, -0.1) is 0 Å². The van der Waals surface area contributed by atoms with Crippen LogP contribution in [0, 0.1) is 0 Å². The van der Waals surface area contributed by atoms with Crippen LogP contribution in [0.25, 0.3) is 0 Å². The molecular formula is C11H11ClF3N5. The van der Waals surface area contributed by atoms with Crippen molar-refractivity contribution in [2.45, 2.75) is 25.6 Å². The molecule has 5 nitrogen and oxygen atoms in total. The summed E-state index contributed by atoms with van der Waals surface area (Å²) in [6.07, 6.45) is -0.842. The standard InChI is InChI=1S/C11H11ClF3N5/c1-2-6(9-16-3-4-17-9)18-8-5-7(12)19-10(20-8)11(13,14)15/h3-6H,2H2,1H3,(H,16,17)(H,18,19,20). The third kappa shape index (κ3) is 3.38. The molecule has 1 unspecified atom stereocenters. The van der Waals surface area contributed by atoms with Crippen molar-refractivity contribution in [3.8, 4) is 0 Å². The fourth-order valence-electron chi connectivity index (χ4n) is 1.63. The Hall–Kier alpha value is -1.83. The molecule has 0 aliphatic carbocycles. The molecule has 0 spiro atoms. The molecule has 2 aromatic heterocycles. The van der Waals surface area contributed by atoms with Crippen LogP contribution < -0.4 is 5.32 Å². The summed E-state index contributed by atoms with van der Waals surface area (Å²) in [5.74, 6) is -0.668. The fourth-order valence-corrected chi connectivity index (χ4v) is 1.81. The first-order valence-corrected chi connectivity index (χ1v) is 6.15. The second kappa shape index (κ2) is 5.66. The van der Waals surface area contributed by atoms with Crippen molar-refractivity contribution in [3.05, 3.63) is 35.3 Å². The third-order valence-electron chi connectivity index (χ3n) is 2.53. The first kappa shape index (κ1) is 14.6. The van der Waals surface area contributed by atoms with Crippen LogP contribution in [0.15, 0.2) is 18.5 Å². The summed E-state index contributed by atoms with van der Waals surface area (Å²) < 4.78 is 37.8. The monoisotopic (exact) mass is 305 g/mol. The van der Waals surface area contributed by atoms with Gasteiger partial charge in [0.15, 0.2) is 0 Å². The Morgan fingerprint density at radius 1 is 1.40 bits per heavy atom. The number of anilines is 1. The van der Waals surface area contributed by atoms with E-state index in [0.29, 0.717) is 12.2 Å². The predicted molar refractivity (Wildman–Crippen MR) is 67.3 cm³/mol. The topological polar surface area (TPSA) is 66.5 Å². The highest BCUT2D eigenvalue weighted by atomic mass is 35.5. The van der Waals surface area contributed by atoms with Crippen molar-refractivity contribution < 1.29 is 13.2 Å². The van der Waals surface area contributed by atoms with Crippen molar-refractivity contribution in [2.75, 3.05) is 5.32 Å². The molecule has 0 aromatic carbocycles. The Kier molecular flexibility index (Phi) is 4.12. The van der Waals surface area contributed by atoms with E-state index in [1.807, 2.05) is 6.92 Å². The summed E-state index contributed by atoms with van der Waals surface area (Å²) in [6, 6.07) is 0.944. The molecular weight excluding hydrogens is 295 g/mol. The van der Waals surface area contributed by atoms with Crippen LogP contribution in [0.1, 0.15) is 31.0 Å². The minimum Gasteiger partial charge on any atom is -0.360 e. The zero-order chi connectivity index (χ0) is 14.8. The lowest BCUT2D eigenvalue weighted by Gasteiger charge is -2.16. The molecule has 20 heavy (non-hydrogen) atoms. The van der Waals surface area contributed by atoms with Gasteiger partial charge in [0.2, 0.25) is 5.82 Å². The maximum Gasteiger partial charge on any atom is 0.451 e. The number of aromatic amines is 1. The lowest BCUT2D eigenvalue weighted by molar-refractivity contribution is -0.144. The zero-order valence-corrected chi connectivity index (χ0v) is 11.1. The van der Waals surface area contributed by atoms with Crippen LogP contribution >= 0.6 is 11.6 Å². The normalized spacial score (nSPS) is 13.2. The van der Waals surface area contributed by atoms with Crippen LogP contribution in [-0.4, -0.2) is 19.9 Å². The lowest BCUT2D eigenvalue weighted by Crippen LogP contribution is -2.16. The summed E-state index contributed by atoms with van der Waals surface area (Å²) in [5.41, 5.74) is 0. The van der Waals surface area contributed by atoms with Crippen molar-refractivity contribution in [2.24, 2.45) is 0 Å². The van der Waals surface area contributed by atoms with E-state index in [4.69, 9.17) is 11.6 Å². The summed E-state index contributed by atoms with van der Waals surface area (Å²) in [5, 5.41) is 2.58. The molecule has 2 aromatic rings. The number of hydrogen-bond acceptors (Lipinski definition) is 4. The second-order valence-corrected chi connectivity index (χ2v) is 4.36. The Bertz CT molecular complexity index is 570. The molecule has 2 heterocycles. The van der Waals surface area contributed by atoms with Crippen LogP contribution in [0.3, 0.4) is 0 Å². The third-order valence-corrected chi connectivity index (χ3v) is 2.72. The Morgan fingerprint density at radius 2 is 2.15 bits per heavy atom. The first-order chi connectivity index (χ1) is 9.40. The number of aromatic nitrogens is 4. The van der Waals surface area contributed by atoms with Crippen LogP contribution in [0.2, 0.25) is 5.15 Å². The molecule has 0 aliphatic rings. The average molecular weight is 306 g/mol. The maximum absolute atomic E-state index is 12.6. The van der Waals surface area contributed by atoms with Gasteiger partial charge in [-0.1, -0.05) is 18.5 Å². The summed E-state index contributed by atoms with van der Waals surface area (Å²) in [7, 11) is 0. The molecule has 2 rings (SSSR count). The maximum atomic E-state index is 12.6. The van der Waals surface area contributed by atoms with Gasteiger partial charge in [0.25, 0.3) is 0 Å². The number of halogens is 4. The Labute approximate surface area is 117 Å². The SMILES string of the molecule is CCC(Nc1cc(Cl)nc(C(F)(F)F)n1)c1ncc[nH]1. The van der Waals surface area contributed by atoms with Gasteiger partial charge >= 0.3 is 6.18 Å². The van der Waals surface area contributed by atoms with E-state index in [-0.39, 0.29) is 17.0 Å².